The summed E-state index contributed by atoms with van der Waals surface area (Å²) in [4.78, 5) is 10.7. The van der Waals surface area contributed by atoms with Crippen molar-refractivity contribution in [3.8, 4) is 5.75 Å². The minimum absolute atomic E-state index is 0.158. The first kappa shape index (κ1) is 12.5. The van der Waals surface area contributed by atoms with Crippen LogP contribution in [0, 0.1) is 0 Å². The Bertz CT molecular complexity index is 338. The molecule has 5 heteroatoms. The maximum absolute atomic E-state index is 10.7. The number of aliphatic hydroxyl groups excluding tert-OH is 1. The van der Waals surface area contributed by atoms with E-state index in [1.54, 1.807) is 24.3 Å². The quantitative estimate of drug-likeness (QED) is 0.601. The molecule has 0 unspecified atom stereocenters. The van der Waals surface area contributed by atoms with Gasteiger partial charge in [-0.2, -0.15) is 0 Å². The standard InChI is InChI=1S/C11H16N2O3/c12-6-9(14)7-16-10-3-1-8(2-4-10)5-11(13)15/h1-4,9,14H,5-7,12H2,(H2,13,15)/t9-/m1/s1. The van der Waals surface area contributed by atoms with Gasteiger partial charge in [0.15, 0.2) is 0 Å². The molecular formula is C11H16N2O3. The van der Waals surface area contributed by atoms with Crippen molar-refractivity contribution in [3.63, 3.8) is 0 Å². The number of benzene rings is 1. The Kier molecular flexibility index (Phi) is 4.75. The van der Waals surface area contributed by atoms with E-state index in [4.69, 9.17) is 16.2 Å². The van der Waals surface area contributed by atoms with Crippen LogP contribution in [0.1, 0.15) is 5.56 Å². The van der Waals surface area contributed by atoms with Gasteiger partial charge in [0.05, 0.1) is 6.42 Å². The van der Waals surface area contributed by atoms with Crippen molar-refractivity contribution in [3.05, 3.63) is 29.8 Å². The van der Waals surface area contributed by atoms with Gasteiger partial charge in [-0.15, -0.1) is 0 Å². The molecule has 1 amide bonds. The maximum atomic E-state index is 10.7. The van der Waals surface area contributed by atoms with E-state index >= 15 is 0 Å². The number of carbonyl (C=O) groups is 1. The van der Waals surface area contributed by atoms with Gasteiger partial charge in [0.2, 0.25) is 5.91 Å². The van der Waals surface area contributed by atoms with E-state index in [2.05, 4.69) is 0 Å². The predicted octanol–water partition coefficient (Wildman–Crippen LogP) is -0.587. The van der Waals surface area contributed by atoms with Gasteiger partial charge in [0.1, 0.15) is 18.5 Å². The molecule has 0 aliphatic carbocycles. The van der Waals surface area contributed by atoms with E-state index in [0.717, 1.165) is 5.56 Å². The third-order valence-corrected chi connectivity index (χ3v) is 2.02. The number of aliphatic hydroxyl groups is 1. The molecule has 0 aromatic heterocycles. The summed E-state index contributed by atoms with van der Waals surface area (Å²) in [6.07, 6.45) is -0.448. The lowest BCUT2D eigenvalue weighted by molar-refractivity contribution is -0.117. The van der Waals surface area contributed by atoms with Crippen LogP contribution in [0.3, 0.4) is 0 Å². The van der Waals surface area contributed by atoms with Gasteiger partial charge >= 0.3 is 0 Å². The number of hydrogen-bond donors (Lipinski definition) is 3. The molecule has 0 heterocycles. The first-order valence-corrected chi connectivity index (χ1v) is 5.00. The zero-order chi connectivity index (χ0) is 12.0. The molecule has 88 valence electrons. The summed E-state index contributed by atoms with van der Waals surface area (Å²) in [7, 11) is 0. The summed E-state index contributed by atoms with van der Waals surface area (Å²) >= 11 is 0. The molecule has 0 radical (unpaired) electrons. The molecule has 1 rings (SSSR count). The Balaban J connectivity index is 2.48. The van der Waals surface area contributed by atoms with E-state index < -0.39 is 6.10 Å². The molecule has 0 saturated heterocycles. The smallest absolute Gasteiger partial charge is 0.221 e. The van der Waals surface area contributed by atoms with E-state index in [1.165, 1.54) is 0 Å². The molecule has 5 nitrogen and oxygen atoms in total. The largest absolute Gasteiger partial charge is 0.491 e. The minimum Gasteiger partial charge on any atom is -0.491 e. The highest BCUT2D eigenvalue weighted by Gasteiger charge is 2.03. The van der Waals surface area contributed by atoms with E-state index in [0.29, 0.717) is 5.75 Å². The molecule has 0 aliphatic rings. The topological polar surface area (TPSA) is 98.6 Å². The number of amides is 1. The fourth-order valence-electron chi connectivity index (χ4n) is 1.17. The Labute approximate surface area is 94.0 Å². The minimum atomic E-state index is -0.662. The van der Waals surface area contributed by atoms with Gasteiger partial charge in [0, 0.05) is 6.54 Å². The van der Waals surface area contributed by atoms with Crippen LogP contribution < -0.4 is 16.2 Å². The lowest BCUT2D eigenvalue weighted by Gasteiger charge is -2.10. The van der Waals surface area contributed by atoms with Crippen molar-refractivity contribution in [1.82, 2.24) is 0 Å². The zero-order valence-corrected chi connectivity index (χ0v) is 8.93. The Hall–Kier alpha value is -1.59. The average molecular weight is 224 g/mol. The highest BCUT2D eigenvalue weighted by atomic mass is 16.5. The first-order valence-electron chi connectivity index (χ1n) is 5.00. The Morgan fingerprint density at radius 3 is 2.50 bits per heavy atom. The number of nitrogens with two attached hydrogens (primary N) is 2. The fraction of sp³-hybridized carbons (Fsp3) is 0.364. The van der Waals surface area contributed by atoms with Crippen LogP contribution in [0.15, 0.2) is 24.3 Å². The molecule has 0 bridgehead atoms. The second-order valence-corrected chi connectivity index (χ2v) is 3.49. The van der Waals surface area contributed by atoms with Gasteiger partial charge in [-0.25, -0.2) is 0 Å². The van der Waals surface area contributed by atoms with Gasteiger partial charge in [0.25, 0.3) is 0 Å². The summed E-state index contributed by atoms with van der Waals surface area (Å²) < 4.78 is 5.27. The summed E-state index contributed by atoms with van der Waals surface area (Å²) in [5.41, 5.74) is 11.1. The van der Waals surface area contributed by atoms with Crippen molar-refractivity contribution < 1.29 is 14.6 Å². The van der Waals surface area contributed by atoms with Crippen molar-refractivity contribution in [2.75, 3.05) is 13.2 Å². The van der Waals surface area contributed by atoms with Crippen molar-refractivity contribution in [2.24, 2.45) is 11.5 Å². The fourth-order valence-corrected chi connectivity index (χ4v) is 1.17. The summed E-state index contributed by atoms with van der Waals surface area (Å²) in [6.45, 7) is 0.325. The SMILES string of the molecule is NC[C@@H](O)COc1ccc(CC(N)=O)cc1. The third-order valence-electron chi connectivity index (χ3n) is 2.02. The lowest BCUT2D eigenvalue weighted by Crippen LogP contribution is -2.26. The molecule has 0 saturated carbocycles. The summed E-state index contributed by atoms with van der Waals surface area (Å²) in [5.74, 6) is 0.257. The number of primary amides is 1. The number of hydrogen-bond acceptors (Lipinski definition) is 4. The van der Waals surface area contributed by atoms with E-state index in [1.807, 2.05) is 0 Å². The van der Waals surface area contributed by atoms with Crippen LogP contribution in [-0.4, -0.2) is 30.3 Å². The molecule has 1 aromatic carbocycles. The average Bonchev–Trinajstić information content (AvgIpc) is 2.27. The van der Waals surface area contributed by atoms with Gasteiger partial charge < -0.3 is 21.3 Å². The number of carbonyl (C=O) groups excluding carboxylic acids is 1. The molecule has 5 N–H and O–H groups in total. The first-order chi connectivity index (χ1) is 7.61. The van der Waals surface area contributed by atoms with Gasteiger partial charge in [-0.3, -0.25) is 4.79 Å². The van der Waals surface area contributed by atoms with Crippen molar-refractivity contribution >= 4 is 5.91 Å². The van der Waals surface area contributed by atoms with E-state index in [9.17, 15) is 9.90 Å². The normalized spacial score (nSPS) is 12.1. The molecule has 16 heavy (non-hydrogen) atoms. The van der Waals surface area contributed by atoms with Gasteiger partial charge in [-0.1, -0.05) is 12.1 Å². The number of ether oxygens (including phenoxy) is 1. The Morgan fingerprint density at radius 1 is 1.38 bits per heavy atom. The van der Waals surface area contributed by atoms with Crippen LogP contribution in [0.5, 0.6) is 5.75 Å². The molecular weight excluding hydrogens is 208 g/mol. The van der Waals surface area contributed by atoms with Crippen LogP contribution in [-0.2, 0) is 11.2 Å². The van der Waals surface area contributed by atoms with Gasteiger partial charge in [-0.05, 0) is 17.7 Å². The third kappa shape index (κ3) is 4.29. The maximum Gasteiger partial charge on any atom is 0.221 e. The summed E-state index contributed by atoms with van der Waals surface area (Å²) in [6, 6.07) is 6.97. The van der Waals surface area contributed by atoms with Crippen molar-refractivity contribution in [2.45, 2.75) is 12.5 Å². The van der Waals surface area contributed by atoms with Crippen LogP contribution in [0.4, 0.5) is 0 Å². The lowest BCUT2D eigenvalue weighted by atomic mass is 10.1. The number of rotatable bonds is 6. The van der Waals surface area contributed by atoms with Crippen LogP contribution in [0.2, 0.25) is 0 Å². The van der Waals surface area contributed by atoms with Crippen LogP contribution >= 0.6 is 0 Å². The molecule has 0 aliphatic heterocycles. The summed E-state index contributed by atoms with van der Waals surface area (Å²) in [5, 5.41) is 9.18. The molecule has 0 fully saturated rings. The highest BCUT2D eigenvalue weighted by Crippen LogP contribution is 2.12. The second-order valence-electron chi connectivity index (χ2n) is 3.49. The second kappa shape index (κ2) is 6.09. The Morgan fingerprint density at radius 2 is 2.00 bits per heavy atom. The predicted molar refractivity (Wildman–Crippen MR) is 59.9 cm³/mol. The van der Waals surface area contributed by atoms with Crippen molar-refractivity contribution in [1.29, 1.82) is 0 Å². The molecule has 1 atom stereocenters. The van der Waals surface area contributed by atoms with E-state index in [-0.39, 0.29) is 25.5 Å². The molecule has 1 aromatic rings. The highest BCUT2D eigenvalue weighted by molar-refractivity contribution is 5.76. The zero-order valence-electron chi connectivity index (χ0n) is 8.93. The van der Waals surface area contributed by atoms with Crippen LogP contribution in [0.25, 0.3) is 0 Å². The monoisotopic (exact) mass is 224 g/mol. The molecule has 0 spiro atoms.